The van der Waals surface area contributed by atoms with Gasteiger partial charge in [-0.25, -0.2) is 0 Å². The zero-order valence-corrected chi connectivity index (χ0v) is 16.2. The number of hydrogen-bond donors (Lipinski definition) is 2. The quantitative estimate of drug-likeness (QED) is 0.435. The molecule has 144 valence electrons. The third kappa shape index (κ3) is 5.61. The molecule has 0 bridgehead atoms. The summed E-state index contributed by atoms with van der Waals surface area (Å²) in [5.41, 5.74) is 3.27. The van der Waals surface area contributed by atoms with Crippen LogP contribution in [0.25, 0.3) is 0 Å². The molecule has 0 fully saturated rings. The van der Waals surface area contributed by atoms with Gasteiger partial charge >= 0.3 is 0 Å². The third-order valence-corrected chi connectivity index (χ3v) is 4.34. The zero-order valence-electron chi connectivity index (χ0n) is 16.2. The summed E-state index contributed by atoms with van der Waals surface area (Å²) in [7, 11) is 0. The smallest absolute Gasteiger partial charge is 0.259 e. The van der Waals surface area contributed by atoms with Crippen molar-refractivity contribution < 1.29 is 9.53 Å². The first-order chi connectivity index (χ1) is 13.8. The Morgan fingerprint density at radius 3 is 2.18 bits per heavy atom. The van der Waals surface area contributed by atoms with Gasteiger partial charge in [-0.3, -0.25) is 4.79 Å². The Morgan fingerprint density at radius 1 is 0.786 bits per heavy atom. The second-order valence-corrected chi connectivity index (χ2v) is 6.57. The molecule has 4 heteroatoms. The van der Waals surface area contributed by atoms with Gasteiger partial charge in [0.15, 0.2) is 0 Å². The highest BCUT2D eigenvalue weighted by atomic mass is 16.5. The number of rotatable bonds is 9. The van der Waals surface area contributed by atoms with Crippen molar-refractivity contribution in [2.24, 2.45) is 0 Å². The molecule has 0 radical (unpaired) electrons. The van der Waals surface area contributed by atoms with Crippen molar-refractivity contribution in [1.29, 1.82) is 0 Å². The second kappa shape index (κ2) is 10.2. The van der Waals surface area contributed by atoms with E-state index in [1.165, 1.54) is 0 Å². The molecule has 4 nitrogen and oxygen atoms in total. The van der Waals surface area contributed by atoms with Crippen LogP contribution in [-0.2, 0) is 0 Å². The first-order valence-electron chi connectivity index (χ1n) is 9.71. The van der Waals surface area contributed by atoms with Gasteiger partial charge in [-0.15, -0.1) is 0 Å². The summed E-state index contributed by atoms with van der Waals surface area (Å²) in [4.78, 5) is 12.7. The fourth-order valence-corrected chi connectivity index (χ4v) is 2.84. The summed E-state index contributed by atoms with van der Waals surface area (Å²) < 4.78 is 5.81. The largest absolute Gasteiger partial charge is 0.493 e. The monoisotopic (exact) mass is 374 g/mol. The van der Waals surface area contributed by atoms with E-state index in [9.17, 15) is 4.79 Å². The molecule has 0 saturated heterocycles. The molecule has 3 rings (SSSR count). The molecular weight excluding hydrogens is 348 g/mol. The molecule has 3 aromatic carbocycles. The standard InChI is InChI=1S/C24H26N2O2/c1-2-3-9-18-28-23-13-8-7-12-22(23)24(27)26-21-16-14-20(15-17-21)25-19-10-5-4-6-11-19/h4-8,10-17,25H,2-3,9,18H2,1H3,(H,26,27). The lowest BCUT2D eigenvalue weighted by molar-refractivity contribution is 0.102. The van der Waals surface area contributed by atoms with E-state index in [0.29, 0.717) is 17.9 Å². The first kappa shape index (κ1) is 19.5. The van der Waals surface area contributed by atoms with E-state index in [-0.39, 0.29) is 5.91 Å². The van der Waals surface area contributed by atoms with Gasteiger partial charge in [-0.05, 0) is 55.0 Å². The number of hydrogen-bond acceptors (Lipinski definition) is 3. The molecule has 28 heavy (non-hydrogen) atoms. The van der Waals surface area contributed by atoms with Crippen LogP contribution in [0.2, 0.25) is 0 Å². The highest BCUT2D eigenvalue weighted by molar-refractivity contribution is 6.06. The first-order valence-corrected chi connectivity index (χ1v) is 9.71. The highest BCUT2D eigenvalue weighted by Gasteiger charge is 2.12. The van der Waals surface area contributed by atoms with Crippen LogP contribution >= 0.6 is 0 Å². The number of anilines is 3. The van der Waals surface area contributed by atoms with Gasteiger partial charge in [-0.2, -0.15) is 0 Å². The van der Waals surface area contributed by atoms with Crippen LogP contribution in [-0.4, -0.2) is 12.5 Å². The summed E-state index contributed by atoms with van der Waals surface area (Å²) in [6.45, 7) is 2.78. The Labute approximate surface area is 166 Å². The summed E-state index contributed by atoms with van der Waals surface area (Å²) in [6.07, 6.45) is 3.25. The number of benzene rings is 3. The molecule has 0 saturated carbocycles. The number of para-hydroxylation sites is 2. The van der Waals surface area contributed by atoms with E-state index < -0.39 is 0 Å². The van der Waals surface area contributed by atoms with Crippen LogP contribution < -0.4 is 15.4 Å². The number of ether oxygens (including phenoxy) is 1. The Balaban J connectivity index is 1.61. The lowest BCUT2D eigenvalue weighted by atomic mass is 10.1. The molecular formula is C24H26N2O2. The van der Waals surface area contributed by atoms with E-state index in [2.05, 4.69) is 17.6 Å². The Hall–Kier alpha value is -3.27. The van der Waals surface area contributed by atoms with Crippen LogP contribution in [0.5, 0.6) is 5.75 Å². The maximum atomic E-state index is 12.7. The summed E-state index contributed by atoms with van der Waals surface area (Å²) >= 11 is 0. The minimum Gasteiger partial charge on any atom is -0.493 e. The van der Waals surface area contributed by atoms with Gasteiger partial charge in [-0.1, -0.05) is 50.1 Å². The number of carbonyl (C=O) groups is 1. The van der Waals surface area contributed by atoms with Crippen LogP contribution in [0, 0.1) is 0 Å². The van der Waals surface area contributed by atoms with Gasteiger partial charge in [0.2, 0.25) is 0 Å². The van der Waals surface area contributed by atoms with Gasteiger partial charge in [0.05, 0.1) is 12.2 Å². The SMILES string of the molecule is CCCCCOc1ccccc1C(=O)Nc1ccc(Nc2ccccc2)cc1. The number of carbonyl (C=O) groups excluding carboxylic acids is 1. The fraction of sp³-hybridized carbons (Fsp3) is 0.208. The second-order valence-electron chi connectivity index (χ2n) is 6.57. The van der Waals surface area contributed by atoms with E-state index >= 15 is 0 Å². The molecule has 0 unspecified atom stereocenters. The lowest BCUT2D eigenvalue weighted by Gasteiger charge is -2.12. The van der Waals surface area contributed by atoms with Crippen molar-refractivity contribution in [3.8, 4) is 5.75 Å². The maximum Gasteiger partial charge on any atom is 0.259 e. The van der Waals surface area contributed by atoms with E-state index in [0.717, 1.165) is 36.3 Å². The normalized spacial score (nSPS) is 10.3. The molecule has 0 aliphatic heterocycles. The minimum atomic E-state index is -0.171. The number of amides is 1. The van der Waals surface area contributed by atoms with Crippen molar-refractivity contribution in [2.45, 2.75) is 26.2 Å². The zero-order chi connectivity index (χ0) is 19.6. The molecule has 0 aliphatic rings. The Kier molecular flexibility index (Phi) is 7.08. The van der Waals surface area contributed by atoms with Gasteiger partial charge in [0, 0.05) is 17.1 Å². The van der Waals surface area contributed by atoms with E-state index in [4.69, 9.17) is 4.74 Å². The average molecular weight is 374 g/mol. The molecule has 3 aromatic rings. The lowest BCUT2D eigenvalue weighted by Crippen LogP contribution is -2.14. The van der Waals surface area contributed by atoms with Crippen molar-refractivity contribution in [2.75, 3.05) is 17.2 Å². The highest BCUT2D eigenvalue weighted by Crippen LogP contribution is 2.22. The number of nitrogens with one attached hydrogen (secondary N) is 2. The van der Waals surface area contributed by atoms with Crippen molar-refractivity contribution >= 4 is 23.0 Å². The van der Waals surface area contributed by atoms with Gasteiger partial charge < -0.3 is 15.4 Å². The van der Waals surface area contributed by atoms with E-state index in [1.54, 1.807) is 6.07 Å². The minimum absolute atomic E-state index is 0.171. The summed E-state index contributed by atoms with van der Waals surface area (Å²) in [6, 6.07) is 25.0. The van der Waals surface area contributed by atoms with Crippen LogP contribution in [0.4, 0.5) is 17.1 Å². The summed E-state index contributed by atoms with van der Waals surface area (Å²) in [5, 5.41) is 6.27. The topological polar surface area (TPSA) is 50.4 Å². The molecule has 0 aliphatic carbocycles. The molecule has 0 heterocycles. The van der Waals surface area contributed by atoms with E-state index in [1.807, 2.05) is 72.8 Å². The fourth-order valence-electron chi connectivity index (χ4n) is 2.84. The molecule has 2 N–H and O–H groups in total. The van der Waals surface area contributed by atoms with Crippen molar-refractivity contribution in [3.05, 3.63) is 84.4 Å². The third-order valence-electron chi connectivity index (χ3n) is 4.34. The Morgan fingerprint density at radius 2 is 1.43 bits per heavy atom. The van der Waals surface area contributed by atoms with Gasteiger partial charge in [0.25, 0.3) is 5.91 Å². The van der Waals surface area contributed by atoms with Crippen LogP contribution in [0.3, 0.4) is 0 Å². The predicted octanol–water partition coefficient (Wildman–Crippen LogP) is 6.25. The molecule has 1 amide bonds. The maximum absolute atomic E-state index is 12.7. The number of unbranched alkanes of at least 4 members (excludes halogenated alkanes) is 2. The van der Waals surface area contributed by atoms with Crippen LogP contribution in [0.15, 0.2) is 78.9 Å². The van der Waals surface area contributed by atoms with Crippen molar-refractivity contribution in [1.82, 2.24) is 0 Å². The molecule has 0 spiro atoms. The average Bonchev–Trinajstić information content (AvgIpc) is 2.74. The van der Waals surface area contributed by atoms with Gasteiger partial charge in [0.1, 0.15) is 5.75 Å². The molecule has 0 aromatic heterocycles. The summed E-state index contributed by atoms with van der Waals surface area (Å²) in [5.74, 6) is 0.452. The Bertz CT molecular complexity index is 877. The van der Waals surface area contributed by atoms with Crippen LogP contribution in [0.1, 0.15) is 36.5 Å². The van der Waals surface area contributed by atoms with Crippen molar-refractivity contribution in [3.63, 3.8) is 0 Å². The predicted molar refractivity (Wildman–Crippen MR) is 116 cm³/mol. The molecule has 0 atom stereocenters.